The molecule has 118 valence electrons. The van der Waals surface area contributed by atoms with Gasteiger partial charge in [-0.25, -0.2) is 0 Å². The summed E-state index contributed by atoms with van der Waals surface area (Å²) in [5, 5.41) is 8.71. The zero-order chi connectivity index (χ0) is 16.1. The summed E-state index contributed by atoms with van der Waals surface area (Å²) in [4.78, 5) is 0. The molecule has 0 unspecified atom stereocenters. The van der Waals surface area contributed by atoms with E-state index in [1.54, 1.807) is 14.2 Å². The van der Waals surface area contributed by atoms with Crippen LogP contribution in [0.4, 0.5) is 0 Å². The first-order valence-electron chi connectivity index (χ1n) is 7.28. The second-order valence-corrected chi connectivity index (χ2v) is 5.77. The maximum Gasteiger partial charge on any atom is 0.155 e. The van der Waals surface area contributed by atoms with Crippen molar-refractivity contribution < 1.29 is 9.47 Å². The van der Waals surface area contributed by atoms with Crippen LogP contribution in [0.25, 0.3) is 0 Å². The number of halogens is 1. The molecule has 5 heteroatoms. The Balaban J connectivity index is 2.15. The Labute approximate surface area is 136 Å². The van der Waals surface area contributed by atoms with Crippen molar-refractivity contribution in [1.29, 1.82) is 0 Å². The number of aromatic nitrogens is 2. The van der Waals surface area contributed by atoms with Gasteiger partial charge in [0.25, 0.3) is 0 Å². The molecule has 4 nitrogen and oxygen atoms in total. The van der Waals surface area contributed by atoms with E-state index in [1.165, 1.54) is 0 Å². The Bertz CT molecular complexity index is 645. The minimum Gasteiger partial charge on any atom is -0.497 e. The molecule has 0 saturated carbocycles. The van der Waals surface area contributed by atoms with E-state index in [4.69, 9.17) is 21.1 Å². The fourth-order valence-corrected chi connectivity index (χ4v) is 2.59. The summed E-state index contributed by atoms with van der Waals surface area (Å²) in [5.41, 5.74) is 3.09. The summed E-state index contributed by atoms with van der Waals surface area (Å²) in [5.74, 6) is 1.94. The predicted molar refractivity (Wildman–Crippen MR) is 88.1 cm³/mol. The van der Waals surface area contributed by atoms with E-state index in [2.05, 4.69) is 24.0 Å². The third kappa shape index (κ3) is 3.89. The maximum absolute atomic E-state index is 6.08. The molecule has 0 fully saturated rings. The van der Waals surface area contributed by atoms with E-state index in [9.17, 15) is 0 Å². The number of hydrogen-bond donors (Lipinski definition) is 0. The molecule has 1 aromatic heterocycles. The van der Waals surface area contributed by atoms with Gasteiger partial charge < -0.3 is 9.47 Å². The normalized spacial score (nSPS) is 10.8. The number of rotatable bonds is 6. The maximum atomic E-state index is 6.08. The third-order valence-electron chi connectivity index (χ3n) is 3.59. The number of hydrogen-bond acceptors (Lipinski definition) is 4. The Morgan fingerprint density at radius 3 is 2.45 bits per heavy atom. The van der Waals surface area contributed by atoms with Crippen molar-refractivity contribution in [3.8, 4) is 11.5 Å². The van der Waals surface area contributed by atoms with Gasteiger partial charge >= 0.3 is 0 Å². The smallest absolute Gasteiger partial charge is 0.155 e. The van der Waals surface area contributed by atoms with Gasteiger partial charge in [-0.05, 0) is 42.0 Å². The lowest BCUT2D eigenvalue weighted by molar-refractivity contribution is 0.391. The summed E-state index contributed by atoms with van der Waals surface area (Å²) in [6, 6.07) is 7.88. The standard InChI is InChI=1S/C17H21ClN2O2/c1-11(2)15-9-13(19-20-17(15)18)7-5-12-6-8-14(21-3)10-16(12)22-4/h6,8-11H,5,7H2,1-4H3. The van der Waals surface area contributed by atoms with Gasteiger partial charge in [0.15, 0.2) is 5.15 Å². The number of nitrogens with zero attached hydrogens (tertiary/aromatic N) is 2. The lowest BCUT2D eigenvalue weighted by atomic mass is 10.0. The van der Waals surface area contributed by atoms with Gasteiger partial charge in [0.2, 0.25) is 0 Å². The molecule has 0 aliphatic heterocycles. The summed E-state index contributed by atoms with van der Waals surface area (Å²) in [7, 11) is 3.31. The largest absolute Gasteiger partial charge is 0.497 e. The zero-order valence-electron chi connectivity index (χ0n) is 13.4. The fraction of sp³-hybridized carbons (Fsp3) is 0.412. The molecule has 1 heterocycles. The summed E-state index contributed by atoms with van der Waals surface area (Å²) in [6.45, 7) is 4.19. The van der Waals surface area contributed by atoms with Gasteiger partial charge in [-0.15, -0.1) is 5.10 Å². The summed E-state index contributed by atoms with van der Waals surface area (Å²) in [6.07, 6.45) is 1.60. The van der Waals surface area contributed by atoms with Gasteiger partial charge in [0.1, 0.15) is 11.5 Å². The SMILES string of the molecule is COc1ccc(CCc2cc(C(C)C)c(Cl)nn2)c(OC)c1. The van der Waals surface area contributed by atoms with Crippen LogP contribution in [-0.4, -0.2) is 24.4 Å². The van der Waals surface area contributed by atoms with Crippen molar-refractivity contribution >= 4 is 11.6 Å². The molecular weight excluding hydrogens is 300 g/mol. The van der Waals surface area contributed by atoms with Gasteiger partial charge in [-0.3, -0.25) is 0 Å². The van der Waals surface area contributed by atoms with E-state index in [0.29, 0.717) is 11.1 Å². The molecule has 0 bridgehead atoms. The van der Waals surface area contributed by atoms with Crippen molar-refractivity contribution in [3.63, 3.8) is 0 Å². The zero-order valence-corrected chi connectivity index (χ0v) is 14.1. The van der Waals surface area contributed by atoms with Crippen LogP contribution in [0, 0.1) is 0 Å². The number of ether oxygens (including phenoxy) is 2. The highest BCUT2D eigenvalue weighted by molar-refractivity contribution is 6.30. The van der Waals surface area contributed by atoms with Crippen LogP contribution in [0.3, 0.4) is 0 Å². The first kappa shape index (κ1) is 16.6. The molecule has 0 radical (unpaired) electrons. The van der Waals surface area contributed by atoms with E-state index < -0.39 is 0 Å². The van der Waals surface area contributed by atoms with Gasteiger partial charge in [0, 0.05) is 6.07 Å². The molecule has 0 aliphatic rings. The van der Waals surface area contributed by atoms with E-state index in [1.807, 2.05) is 24.3 Å². The van der Waals surface area contributed by atoms with Crippen LogP contribution < -0.4 is 9.47 Å². The monoisotopic (exact) mass is 320 g/mol. The average molecular weight is 321 g/mol. The molecule has 0 spiro atoms. The topological polar surface area (TPSA) is 44.2 Å². The number of benzene rings is 1. The highest BCUT2D eigenvalue weighted by Crippen LogP contribution is 2.26. The molecular formula is C17H21ClN2O2. The van der Waals surface area contributed by atoms with E-state index >= 15 is 0 Å². The van der Waals surface area contributed by atoms with Gasteiger partial charge in [-0.1, -0.05) is 31.5 Å². The van der Waals surface area contributed by atoms with Crippen LogP contribution in [0.1, 0.15) is 36.6 Å². The van der Waals surface area contributed by atoms with Crippen molar-refractivity contribution in [2.45, 2.75) is 32.6 Å². The average Bonchev–Trinajstić information content (AvgIpc) is 2.53. The Morgan fingerprint density at radius 1 is 1.05 bits per heavy atom. The Morgan fingerprint density at radius 2 is 1.82 bits per heavy atom. The Kier molecular flexibility index (Phi) is 5.61. The van der Waals surface area contributed by atoms with E-state index in [0.717, 1.165) is 41.2 Å². The summed E-state index contributed by atoms with van der Waals surface area (Å²) >= 11 is 6.08. The van der Waals surface area contributed by atoms with Gasteiger partial charge in [0.05, 0.1) is 19.9 Å². The fourth-order valence-electron chi connectivity index (χ4n) is 2.28. The molecule has 1 aromatic carbocycles. The molecule has 22 heavy (non-hydrogen) atoms. The lowest BCUT2D eigenvalue weighted by Gasteiger charge is -2.11. The molecule has 0 aliphatic carbocycles. The molecule has 0 atom stereocenters. The first-order chi connectivity index (χ1) is 10.5. The minimum absolute atomic E-state index is 0.331. The third-order valence-corrected chi connectivity index (χ3v) is 3.89. The molecule has 0 saturated heterocycles. The highest BCUT2D eigenvalue weighted by atomic mass is 35.5. The number of methoxy groups -OCH3 is 2. The van der Waals surface area contributed by atoms with Gasteiger partial charge in [-0.2, -0.15) is 5.10 Å². The quantitative estimate of drug-likeness (QED) is 0.805. The first-order valence-corrected chi connectivity index (χ1v) is 7.65. The summed E-state index contributed by atoms with van der Waals surface area (Å²) < 4.78 is 10.6. The molecule has 2 aromatic rings. The highest BCUT2D eigenvalue weighted by Gasteiger charge is 2.10. The molecule has 2 rings (SSSR count). The van der Waals surface area contributed by atoms with Crippen LogP contribution in [0.2, 0.25) is 5.15 Å². The van der Waals surface area contributed by atoms with Crippen LogP contribution in [0.5, 0.6) is 11.5 Å². The van der Waals surface area contributed by atoms with Crippen molar-refractivity contribution in [2.75, 3.05) is 14.2 Å². The van der Waals surface area contributed by atoms with Crippen molar-refractivity contribution in [1.82, 2.24) is 10.2 Å². The minimum atomic E-state index is 0.331. The molecule has 0 amide bonds. The van der Waals surface area contributed by atoms with Crippen LogP contribution in [0.15, 0.2) is 24.3 Å². The van der Waals surface area contributed by atoms with Crippen LogP contribution in [-0.2, 0) is 12.8 Å². The van der Waals surface area contributed by atoms with Crippen molar-refractivity contribution in [2.24, 2.45) is 0 Å². The molecule has 0 N–H and O–H groups in total. The second kappa shape index (κ2) is 7.45. The predicted octanol–water partition coefficient (Wildman–Crippen LogP) is 4.06. The lowest BCUT2D eigenvalue weighted by Crippen LogP contribution is -2.02. The second-order valence-electron chi connectivity index (χ2n) is 5.41. The van der Waals surface area contributed by atoms with Crippen molar-refractivity contribution in [3.05, 3.63) is 46.2 Å². The van der Waals surface area contributed by atoms with Crippen LogP contribution >= 0.6 is 11.6 Å². The Hall–Kier alpha value is -1.81. The number of aryl methyl sites for hydroxylation is 2. The van der Waals surface area contributed by atoms with E-state index in [-0.39, 0.29) is 0 Å².